The summed E-state index contributed by atoms with van der Waals surface area (Å²) in [6, 6.07) is 15.1. The second-order valence-corrected chi connectivity index (χ2v) is 6.65. The van der Waals surface area contributed by atoms with Crippen molar-refractivity contribution < 1.29 is 9.59 Å². The first-order valence-corrected chi connectivity index (χ1v) is 8.66. The molecule has 1 unspecified atom stereocenters. The summed E-state index contributed by atoms with van der Waals surface area (Å²) in [5, 5.41) is 3.52. The van der Waals surface area contributed by atoms with Crippen LogP contribution in [0.5, 0.6) is 0 Å². The Morgan fingerprint density at radius 2 is 1.92 bits per heavy atom. The molecule has 1 fully saturated rings. The van der Waals surface area contributed by atoms with Crippen molar-refractivity contribution >= 4 is 23.3 Å². The Bertz CT molecular complexity index is 891. The SMILES string of the molecule is O=C(/C=C1\NCC2c3ccccc3CCN2C1=O)c1ccccc1Cl. The van der Waals surface area contributed by atoms with Crippen LogP contribution in [0.2, 0.25) is 5.02 Å². The van der Waals surface area contributed by atoms with Gasteiger partial charge < -0.3 is 10.2 Å². The maximum atomic E-state index is 12.8. The number of piperazine rings is 1. The molecule has 0 aromatic heterocycles. The van der Waals surface area contributed by atoms with Gasteiger partial charge in [0.1, 0.15) is 5.70 Å². The Labute approximate surface area is 151 Å². The fraction of sp³-hybridized carbons (Fsp3) is 0.200. The second-order valence-electron chi connectivity index (χ2n) is 6.25. The molecule has 4 nitrogen and oxygen atoms in total. The summed E-state index contributed by atoms with van der Waals surface area (Å²) in [5.74, 6) is -0.400. The van der Waals surface area contributed by atoms with Gasteiger partial charge in [-0.3, -0.25) is 9.59 Å². The molecule has 0 aliphatic carbocycles. The maximum absolute atomic E-state index is 12.8. The average Bonchev–Trinajstić information content (AvgIpc) is 2.64. The number of hydrogen-bond acceptors (Lipinski definition) is 3. The van der Waals surface area contributed by atoms with E-state index >= 15 is 0 Å². The van der Waals surface area contributed by atoms with E-state index in [2.05, 4.69) is 17.4 Å². The van der Waals surface area contributed by atoms with Gasteiger partial charge in [-0.1, -0.05) is 48.0 Å². The Balaban J connectivity index is 1.61. The number of nitrogens with one attached hydrogen (secondary N) is 1. The number of rotatable bonds is 2. The molecule has 25 heavy (non-hydrogen) atoms. The molecule has 0 bridgehead atoms. The predicted molar refractivity (Wildman–Crippen MR) is 96.5 cm³/mol. The van der Waals surface area contributed by atoms with Crippen LogP contribution in [0.3, 0.4) is 0 Å². The molecule has 2 aliphatic heterocycles. The van der Waals surface area contributed by atoms with Crippen LogP contribution < -0.4 is 5.32 Å². The highest BCUT2D eigenvalue weighted by molar-refractivity contribution is 6.34. The molecule has 0 radical (unpaired) electrons. The van der Waals surface area contributed by atoms with Gasteiger partial charge in [0.05, 0.1) is 11.1 Å². The van der Waals surface area contributed by atoms with Crippen LogP contribution in [0.25, 0.3) is 0 Å². The minimum atomic E-state index is -0.266. The zero-order chi connectivity index (χ0) is 17.4. The maximum Gasteiger partial charge on any atom is 0.270 e. The fourth-order valence-electron chi connectivity index (χ4n) is 3.53. The van der Waals surface area contributed by atoms with Crippen LogP contribution in [0, 0.1) is 0 Å². The molecular formula is C20H17ClN2O2. The number of ketones is 1. The molecule has 2 aromatic carbocycles. The monoisotopic (exact) mass is 352 g/mol. The first-order chi connectivity index (χ1) is 12.1. The molecule has 5 heteroatoms. The van der Waals surface area contributed by atoms with Crippen LogP contribution in [0.15, 0.2) is 60.3 Å². The quantitative estimate of drug-likeness (QED) is 0.667. The number of carbonyl (C=O) groups is 2. The minimum absolute atomic E-state index is 0.0185. The van der Waals surface area contributed by atoms with Gasteiger partial charge >= 0.3 is 0 Å². The van der Waals surface area contributed by atoms with Gasteiger partial charge in [0.2, 0.25) is 0 Å². The van der Waals surface area contributed by atoms with Crippen molar-refractivity contribution in [2.45, 2.75) is 12.5 Å². The summed E-state index contributed by atoms with van der Waals surface area (Å²) >= 11 is 6.07. The minimum Gasteiger partial charge on any atom is -0.378 e. The van der Waals surface area contributed by atoms with E-state index in [4.69, 9.17) is 11.6 Å². The van der Waals surface area contributed by atoms with Crippen molar-refractivity contribution in [1.29, 1.82) is 0 Å². The van der Waals surface area contributed by atoms with Gasteiger partial charge in [-0.25, -0.2) is 0 Å². The summed E-state index contributed by atoms with van der Waals surface area (Å²) in [5.41, 5.74) is 3.21. The van der Waals surface area contributed by atoms with Crippen LogP contribution in [0.1, 0.15) is 27.5 Å². The molecule has 2 heterocycles. The third-order valence-electron chi connectivity index (χ3n) is 4.80. The molecule has 4 rings (SSSR count). The van der Waals surface area contributed by atoms with Gasteiger partial charge in [0, 0.05) is 24.7 Å². The molecule has 0 saturated carbocycles. The number of fused-ring (bicyclic) bond motifs is 3. The van der Waals surface area contributed by atoms with Gasteiger partial charge in [0.25, 0.3) is 5.91 Å². The first kappa shape index (κ1) is 15.9. The first-order valence-electron chi connectivity index (χ1n) is 8.28. The predicted octanol–water partition coefficient (Wildman–Crippen LogP) is 3.14. The third-order valence-corrected chi connectivity index (χ3v) is 5.13. The lowest BCUT2D eigenvalue weighted by Crippen LogP contribution is -2.51. The Morgan fingerprint density at radius 1 is 1.16 bits per heavy atom. The zero-order valence-electron chi connectivity index (χ0n) is 13.5. The van der Waals surface area contributed by atoms with Crippen molar-refractivity contribution in [2.24, 2.45) is 0 Å². The van der Waals surface area contributed by atoms with Gasteiger partial charge in [0.15, 0.2) is 5.78 Å². The van der Waals surface area contributed by atoms with Gasteiger partial charge in [-0.05, 0) is 29.7 Å². The number of halogens is 1. The van der Waals surface area contributed by atoms with Gasteiger partial charge in [-0.15, -0.1) is 0 Å². The van der Waals surface area contributed by atoms with Crippen molar-refractivity contribution in [3.63, 3.8) is 0 Å². The number of nitrogens with zero attached hydrogens (tertiary/aromatic N) is 1. The molecule has 1 saturated heterocycles. The lowest BCUT2D eigenvalue weighted by Gasteiger charge is -2.41. The molecule has 2 aliphatic rings. The molecular weight excluding hydrogens is 336 g/mol. The highest BCUT2D eigenvalue weighted by Gasteiger charge is 2.36. The standard InChI is InChI=1S/C20H17ClN2O2/c21-16-8-4-3-7-15(16)19(24)11-17-20(25)23-10-9-13-5-1-2-6-14(13)18(23)12-22-17/h1-8,11,18,22H,9-10,12H2/b17-11-. The summed E-state index contributed by atoms with van der Waals surface area (Å²) < 4.78 is 0. The molecule has 1 atom stereocenters. The smallest absolute Gasteiger partial charge is 0.270 e. The number of allylic oxidation sites excluding steroid dienone is 1. The Morgan fingerprint density at radius 3 is 2.76 bits per heavy atom. The summed E-state index contributed by atoms with van der Waals surface area (Å²) in [4.78, 5) is 27.1. The topological polar surface area (TPSA) is 49.4 Å². The Kier molecular flexibility index (Phi) is 4.06. The largest absolute Gasteiger partial charge is 0.378 e. The molecule has 2 aromatic rings. The molecule has 1 amide bonds. The second kappa shape index (κ2) is 6.37. The van der Waals surface area contributed by atoms with Crippen molar-refractivity contribution in [3.05, 3.63) is 82.0 Å². The normalized spacial score (nSPS) is 20.7. The summed E-state index contributed by atoms with van der Waals surface area (Å²) in [6.45, 7) is 1.27. The lowest BCUT2D eigenvalue weighted by molar-refractivity contribution is -0.132. The van der Waals surface area contributed by atoms with E-state index in [9.17, 15) is 9.59 Å². The van der Waals surface area contributed by atoms with Crippen LogP contribution in [0.4, 0.5) is 0 Å². The van der Waals surface area contributed by atoms with Crippen molar-refractivity contribution in [2.75, 3.05) is 13.1 Å². The third kappa shape index (κ3) is 2.83. The number of amides is 1. The van der Waals surface area contributed by atoms with E-state index in [1.807, 2.05) is 17.0 Å². The lowest BCUT2D eigenvalue weighted by atomic mass is 9.90. The van der Waals surface area contributed by atoms with E-state index in [-0.39, 0.29) is 17.7 Å². The summed E-state index contributed by atoms with van der Waals surface area (Å²) in [6.07, 6.45) is 2.20. The molecule has 0 spiro atoms. The van der Waals surface area contributed by atoms with E-state index < -0.39 is 0 Å². The van der Waals surface area contributed by atoms with Gasteiger partial charge in [-0.2, -0.15) is 0 Å². The summed E-state index contributed by atoms with van der Waals surface area (Å²) in [7, 11) is 0. The van der Waals surface area contributed by atoms with Crippen LogP contribution >= 0.6 is 11.6 Å². The van der Waals surface area contributed by atoms with Crippen molar-refractivity contribution in [1.82, 2.24) is 10.2 Å². The van der Waals surface area contributed by atoms with E-state index in [0.29, 0.717) is 29.4 Å². The zero-order valence-corrected chi connectivity index (χ0v) is 14.3. The number of benzene rings is 2. The van der Waals surface area contributed by atoms with E-state index in [0.717, 1.165) is 6.42 Å². The van der Waals surface area contributed by atoms with E-state index in [1.54, 1.807) is 24.3 Å². The van der Waals surface area contributed by atoms with Crippen molar-refractivity contribution in [3.8, 4) is 0 Å². The fourth-order valence-corrected chi connectivity index (χ4v) is 3.76. The highest BCUT2D eigenvalue weighted by atomic mass is 35.5. The van der Waals surface area contributed by atoms with E-state index in [1.165, 1.54) is 17.2 Å². The Hall–Kier alpha value is -2.59. The van der Waals surface area contributed by atoms with Crippen LogP contribution in [-0.4, -0.2) is 29.7 Å². The van der Waals surface area contributed by atoms with Crippen LogP contribution in [-0.2, 0) is 11.2 Å². The average molecular weight is 353 g/mol. The molecule has 1 N–H and O–H groups in total. The number of hydrogen-bond donors (Lipinski definition) is 1. The number of carbonyl (C=O) groups excluding carboxylic acids is 2. The molecule has 126 valence electrons. The highest BCUT2D eigenvalue weighted by Crippen LogP contribution is 2.32.